The maximum atomic E-state index is 13.3. The molecule has 2 aliphatic heterocycles. The van der Waals surface area contributed by atoms with Crippen LogP contribution in [0, 0.1) is 0 Å². The van der Waals surface area contributed by atoms with Crippen molar-refractivity contribution in [2.75, 3.05) is 41.4 Å². The molecule has 1 aliphatic carbocycles. The van der Waals surface area contributed by atoms with Crippen LogP contribution < -0.4 is 20.4 Å². The number of carbonyl (C=O) groups excluding carboxylic acids is 2. The van der Waals surface area contributed by atoms with E-state index in [4.69, 9.17) is 4.74 Å². The molecule has 12 heteroatoms. The maximum Gasteiger partial charge on any atom is 0.406 e. The number of nitrogens with zero attached hydrogens (tertiary/aromatic N) is 4. The van der Waals surface area contributed by atoms with Crippen molar-refractivity contribution in [1.29, 1.82) is 0 Å². The Morgan fingerprint density at radius 3 is 2.68 bits per heavy atom. The Hall–Kier alpha value is -3.41. The van der Waals surface area contributed by atoms with Gasteiger partial charge in [0.15, 0.2) is 11.6 Å². The number of rotatable bonds is 4. The van der Waals surface area contributed by atoms with E-state index >= 15 is 0 Å². The molecule has 9 nitrogen and oxygen atoms in total. The Balaban J connectivity index is 1.46. The van der Waals surface area contributed by atoms with Gasteiger partial charge in [-0.05, 0) is 44.0 Å². The molecule has 1 saturated carbocycles. The smallest absolute Gasteiger partial charge is 0.377 e. The van der Waals surface area contributed by atoms with Crippen LogP contribution in [-0.2, 0) is 9.53 Å². The van der Waals surface area contributed by atoms with E-state index in [1.807, 2.05) is 0 Å². The number of carbonyl (C=O) groups is 2. The summed E-state index contributed by atoms with van der Waals surface area (Å²) >= 11 is 0. The zero-order chi connectivity index (χ0) is 24.1. The first-order valence-corrected chi connectivity index (χ1v) is 10.9. The molecule has 1 atom stereocenters. The number of halogens is 3. The van der Waals surface area contributed by atoms with E-state index in [9.17, 15) is 22.8 Å². The average Bonchev–Trinajstić information content (AvgIpc) is 3.60. The molecule has 5 rings (SSSR count). The van der Waals surface area contributed by atoms with Gasteiger partial charge in [0, 0.05) is 23.8 Å². The van der Waals surface area contributed by atoms with Gasteiger partial charge in [-0.2, -0.15) is 13.2 Å². The van der Waals surface area contributed by atoms with Crippen LogP contribution in [0.1, 0.15) is 19.8 Å². The minimum atomic E-state index is -4.59. The minimum absolute atomic E-state index is 0.0143. The van der Waals surface area contributed by atoms with Gasteiger partial charge < -0.3 is 20.3 Å². The molecule has 1 aromatic carbocycles. The Morgan fingerprint density at radius 1 is 1.26 bits per heavy atom. The van der Waals surface area contributed by atoms with E-state index in [0.29, 0.717) is 35.1 Å². The lowest BCUT2D eigenvalue weighted by molar-refractivity contribution is -0.138. The summed E-state index contributed by atoms with van der Waals surface area (Å²) in [6.07, 6.45) is -1.37. The summed E-state index contributed by atoms with van der Waals surface area (Å²) in [5.74, 6) is -0.151. The molecule has 3 amide bonds. The number of alkyl halides is 3. The third-order valence-electron chi connectivity index (χ3n) is 6.09. The second-order valence-corrected chi connectivity index (χ2v) is 8.84. The molecule has 0 spiro atoms. The molecule has 0 bridgehead atoms. The zero-order valence-electron chi connectivity index (χ0n) is 18.4. The first-order chi connectivity index (χ1) is 16.1. The third kappa shape index (κ3) is 4.25. The predicted octanol–water partition coefficient (Wildman–Crippen LogP) is 2.93. The van der Waals surface area contributed by atoms with Crippen LogP contribution in [0.25, 0.3) is 11.4 Å². The maximum absolute atomic E-state index is 13.3. The zero-order valence-corrected chi connectivity index (χ0v) is 18.4. The Bertz CT molecular complexity index is 1120. The standard InChI is InChI=1S/C22H23F3N6O3/c1-21-12-34-9-8-31(21)18-16(30(19(21)32)11-22(23,24)25)10-26-17(29-18)13-2-4-14(5-3-13)27-20(33)28-15-6-7-15/h2-5,10,15H,6-9,11-12H2,1H3,(H2,27,28,33). The van der Waals surface area contributed by atoms with Crippen molar-refractivity contribution < 1.29 is 27.5 Å². The summed E-state index contributed by atoms with van der Waals surface area (Å²) in [5.41, 5.74) is -0.0848. The van der Waals surface area contributed by atoms with Gasteiger partial charge in [-0.3, -0.25) is 9.69 Å². The van der Waals surface area contributed by atoms with Gasteiger partial charge in [0.2, 0.25) is 0 Å². The Labute approximate surface area is 193 Å². The van der Waals surface area contributed by atoms with Crippen LogP contribution in [0.3, 0.4) is 0 Å². The molecule has 34 heavy (non-hydrogen) atoms. The number of nitrogens with one attached hydrogen (secondary N) is 2. The summed E-state index contributed by atoms with van der Waals surface area (Å²) in [6, 6.07) is 6.79. The summed E-state index contributed by atoms with van der Waals surface area (Å²) in [6.45, 7) is 0.723. The van der Waals surface area contributed by atoms with Gasteiger partial charge in [-0.25, -0.2) is 14.8 Å². The number of hydrogen-bond donors (Lipinski definition) is 2. The molecular formula is C22H23F3N6O3. The van der Waals surface area contributed by atoms with Gasteiger partial charge in [-0.15, -0.1) is 0 Å². The number of fused-ring (bicyclic) bond motifs is 3. The molecule has 0 radical (unpaired) electrons. The summed E-state index contributed by atoms with van der Waals surface area (Å²) in [4.78, 5) is 36.2. The van der Waals surface area contributed by atoms with Crippen molar-refractivity contribution in [3.8, 4) is 11.4 Å². The fourth-order valence-corrected chi connectivity index (χ4v) is 4.18. The first kappa shape index (κ1) is 22.4. The number of benzene rings is 1. The van der Waals surface area contributed by atoms with Gasteiger partial charge in [-0.1, -0.05) is 0 Å². The summed E-state index contributed by atoms with van der Waals surface area (Å²) in [7, 11) is 0. The van der Waals surface area contributed by atoms with E-state index in [1.54, 1.807) is 36.1 Å². The van der Waals surface area contributed by atoms with Gasteiger partial charge >= 0.3 is 12.2 Å². The number of urea groups is 1. The van der Waals surface area contributed by atoms with Gasteiger partial charge in [0.25, 0.3) is 5.91 Å². The average molecular weight is 476 g/mol. The minimum Gasteiger partial charge on any atom is -0.377 e. The van der Waals surface area contributed by atoms with Crippen molar-refractivity contribution in [2.45, 2.75) is 37.5 Å². The van der Waals surface area contributed by atoms with Crippen molar-refractivity contribution >= 4 is 29.1 Å². The summed E-state index contributed by atoms with van der Waals surface area (Å²) in [5, 5.41) is 5.59. The third-order valence-corrected chi connectivity index (χ3v) is 6.09. The van der Waals surface area contributed by atoms with Crippen LogP contribution >= 0.6 is 0 Å². The second-order valence-electron chi connectivity index (χ2n) is 8.84. The van der Waals surface area contributed by atoms with E-state index in [-0.39, 0.29) is 30.2 Å². The summed E-state index contributed by atoms with van der Waals surface area (Å²) < 4.78 is 45.3. The van der Waals surface area contributed by atoms with E-state index in [1.165, 1.54) is 6.20 Å². The monoisotopic (exact) mass is 476 g/mol. The molecule has 2 fully saturated rings. The molecule has 1 unspecified atom stereocenters. The van der Waals surface area contributed by atoms with Crippen molar-refractivity contribution in [3.05, 3.63) is 30.5 Å². The van der Waals surface area contributed by atoms with E-state index in [0.717, 1.165) is 12.8 Å². The second kappa shape index (κ2) is 8.12. The van der Waals surface area contributed by atoms with Gasteiger partial charge in [0.05, 0.1) is 19.4 Å². The molecule has 1 saturated heterocycles. The fourth-order valence-electron chi connectivity index (χ4n) is 4.18. The lowest BCUT2D eigenvalue weighted by Crippen LogP contribution is -2.68. The van der Waals surface area contributed by atoms with Crippen LogP contribution in [0.2, 0.25) is 0 Å². The SMILES string of the molecule is CC12COCCN1c1nc(-c3ccc(NC(=O)NC4CC4)cc3)ncc1N(CC(F)(F)F)C2=O. The molecular weight excluding hydrogens is 453 g/mol. The predicted molar refractivity (Wildman–Crippen MR) is 118 cm³/mol. The van der Waals surface area contributed by atoms with Crippen molar-refractivity contribution in [2.24, 2.45) is 0 Å². The number of morpholine rings is 1. The molecule has 3 aliphatic rings. The van der Waals surface area contributed by atoms with E-state index < -0.39 is 24.2 Å². The topological polar surface area (TPSA) is 99.7 Å². The molecule has 2 aromatic rings. The fraction of sp³-hybridized carbons (Fsp3) is 0.455. The highest BCUT2D eigenvalue weighted by atomic mass is 19.4. The number of aromatic nitrogens is 2. The lowest BCUT2D eigenvalue weighted by atomic mass is 9.94. The highest BCUT2D eigenvalue weighted by Crippen LogP contribution is 2.42. The highest BCUT2D eigenvalue weighted by molar-refractivity contribution is 6.08. The number of anilines is 3. The highest BCUT2D eigenvalue weighted by Gasteiger charge is 2.52. The van der Waals surface area contributed by atoms with Crippen molar-refractivity contribution in [1.82, 2.24) is 15.3 Å². The molecule has 180 valence electrons. The van der Waals surface area contributed by atoms with Crippen molar-refractivity contribution in [3.63, 3.8) is 0 Å². The van der Waals surface area contributed by atoms with Crippen LogP contribution in [0.5, 0.6) is 0 Å². The lowest BCUT2D eigenvalue weighted by Gasteiger charge is -2.50. The molecule has 2 N–H and O–H groups in total. The van der Waals surface area contributed by atoms with Crippen LogP contribution in [-0.4, -0.2) is 66.0 Å². The molecule has 1 aromatic heterocycles. The Kier molecular flexibility index (Phi) is 5.34. The number of ether oxygens (including phenoxy) is 1. The molecule has 3 heterocycles. The first-order valence-electron chi connectivity index (χ1n) is 10.9. The van der Waals surface area contributed by atoms with Crippen LogP contribution in [0.15, 0.2) is 30.5 Å². The number of hydrogen-bond acceptors (Lipinski definition) is 6. The normalized spacial score (nSPS) is 22.2. The quantitative estimate of drug-likeness (QED) is 0.704. The van der Waals surface area contributed by atoms with E-state index in [2.05, 4.69) is 20.6 Å². The Morgan fingerprint density at radius 2 is 2.00 bits per heavy atom. The largest absolute Gasteiger partial charge is 0.406 e. The van der Waals surface area contributed by atoms with Crippen LogP contribution in [0.4, 0.5) is 35.2 Å². The van der Waals surface area contributed by atoms with Gasteiger partial charge in [0.1, 0.15) is 17.8 Å². The number of amides is 3.